The standard InChI is InChI=1S/C13H20N2O2S/c1-10-5-3-4-6-12(10)18(16,17)15-13(2,9-14)11-7-8-11/h3-6,11,15H,7-9,14H2,1-2H3. The number of nitrogens with two attached hydrogens (primary N) is 1. The average molecular weight is 268 g/mol. The van der Waals surface area contributed by atoms with E-state index in [-0.39, 0.29) is 0 Å². The highest BCUT2D eigenvalue weighted by atomic mass is 32.2. The molecule has 0 aliphatic heterocycles. The molecule has 0 spiro atoms. The smallest absolute Gasteiger partial charge is 0.241 e. The molecule has 1 saturated carbocycles. The van der Waals surface area contributed by atoms with E-state index in [1.807, 2.05) is 13.0 Å². The normalized spacial score (nSPS) is 19.5. The molecule has 0 amide bonds. The SMILES string of the molecule is Cc1ccccc1S(=O)(=O)NC(C)(CN)C1CC1. The van der Waals surface area contributed by atoms with Crippen LogP contribution < -0.4 is 10.5 Å². The molecule has 100 valence electrons. The zero-order valence-corrected chi connectivity index (χ0v) is 11.6. The van der Waals surface area contributed by atoms with Crippen molar-refractivity contribution in [2.24, 2.45) is 11.7 Å². The Balaban J connectivity index is 2.30. The Morgan fingerprint density at radius 1 is 1.39 bits per heavy atom. The molecule has 1 fully saturated rings. The second kappa shape index (κ2) is 4.64. The van der Waals surface area contributed by atoms with Crippen LogP contribution in [0.15, 0.2) is 29.2 Å². The molecule has 1 unspecified atom stereocenters. The van der Waals surface area contributed by atoms with Crippen LogP contribution in [0.4, 0.5) is 0 Å². The lowest BCUT2D eigenvalue weighted by Gasteiger charge is -2.29. The van der Waals surface area contributed by atoms with Crippen LogP contribution in [0, 0.1) is 12.8 Å². The molecular weight excluding hydrogens is 248 g/mol. The number of nitrogens with one attached hydrogen (secondary N) is 1. The van der Waals surface area contributed by atoms with E-state index in [1.54, 1.807) is 25.1 Å². The van der Waals surface area contributed by atoms with Gasteiger partial charge in [0.25, 0.3) is 0 Å². The first-order valence-corrected chi connectivity index (χ1v) is 7.67. The zero-order chi connectivity index (χ0) is 13.4. The molecule has 3 N–H and O–H groups in total. The number of sulfonamides is 1. The van der Waals surface area contributed by atoms with Crippen LogP contribution in [0.5, 0.6) is 0 Å². The molecule has 18 heavy (non-hydrogen) atoms. The van der Waals surface area contributed by atoms with E-state index in [0.29, 0.717) is 17.4 Å². The van der Waals surface area contributed by atoms with Gasteiger partial charge < -0.3 is 5.73 Å². The van der Waals surface area contributed by atoms with Crippen LogP contribution in [-0.4, -0.2) is 20.5 Å². The van der Waals surface area contributed by atoms with Crippen LogP contribution in [0.2, 0.25) is 0 Å². The fourth-order valence-electron chi connectivity index (χ4n) is 2.23. The highest BCUT2D eigenvalue weighted by Crippen LogP contribution is 2.39. The summed E-state index contributed by atoms with van der Waals surface area (Å²) in [4.78, 5) is 0.338. The van der Waals surface area contributed by atoms with Crippen LogP contribution in [0.3, 0.4) is 0 Å². The van der Waals surface area contributed by atoms with Crippen molar-refractivity contribution in [1.29, 1.82) is 0 Å². The van der Waals surface area contributed by atoms with Gasteiger partial charge in [-0.05, 0) is 44.2 Å². The predicted molar refractivity (Wildman–Crippen MR) is 71.7 cm³/mol. The Morgan fingerprint density at radius 2 is 2.00 bits per heavy atom. The zero-order valence-electron chi connectivity index (χ0n) is 10.8. The summed E-state index contributed by atoms with van der Waals surface area (Å²) in [6.45, 7) is 4.01. The molecule has 1 atom stereocenters. The van der Waals surface area contributed by atoms with Crippen molar-refractivity contribution in [1.82, 2.24) is 4.72 Å². The monoisotopic (exact) mass is 268 g/mol. The Kier molecular flexibility index (Phi) is 3.49. The first kappa shape index (κ1) is 13.5. The van der Waals surface area contributed by atoms with Crippen LogP contribution in [0.1, 0.15) is 25.3 Å². The van der Waals surface area contributed by atoms with Crippen molar-refractivity contribution in [2.45, 2.75) is 37.1 Å². The quantitative estimate of drug-likeness (QED) is 0.848. The highest BCUT2D eigenvalue weighted by molar-refractivity contribution is 7.89. The molecule has 1 aromatic rings. The van der Waals surface area contributed by atoms with E-state index >= 15 is 0 Å². The summed E-state index contributed by atoms with van der Waals surface area (Å²) in [6.07, 6.45) is 2.09. The predicted octanol–water partition coefficient (Wildman–Crippen LogP) is 1.40. The summed E-state index contributed by atoms with van der Waals surface area (Å²) >= 11 is 0. The van der Waals surface area contributed by atoms with Crippen LogP contribution in [0.25, 0.3) is 0 Å². The minimum absolute atomic E-state index is 0.322. The fraction of sp³-hybridized carbons (Fsp3) is 0.538. The summed E-state index contributed by atoms with van der Waals surface area (Å²) in [7, 11) is -3.50. The van der Waals surface area contributed by atoms with Gasteiger partial charge in [0.05, 0.1) is 4.90 Å². The molecule has 5 heteroatoms. The van der Waals surface area contributed by atoms with Crippen molar-refractivity contribution in [3.05, 3.63) is 29.8 Å². The number of rotatable bonds is 5. The highest BCUT2D eigenvalue weighted by Gasteiger charge is 2.43. The molecule has 1 aliphatic carbocycles. The molecule has 0 aromatic heterocycles. The van der Waals surface area contributed by atoms with Gasteiger partial charge in [-0.25, -0.2) is 13.1 Å². The van der Waals surface area contributed by atoms with Crippen LogP contribution >= 0.6 is 0 Å². The topological polar surface area (TPSA) is 72.2 Å². The summed E-state index contributed by atoms with van der Waals surface area (Å²) in [6, 6.07) is 6.99. The van der Waals surface area contributed by atoms with Gasteiger partial charge in [0, 0.05) is 12.1 Å². The Hall–Kier alpha value is -0.910. The third-order valence-electron chi connectivity index (χ3n) is 3.65. The summed E-state index contributed by atoms with van der Waals surface area (Å²) in [5, 5.41) is 0. The number of hydrogen-bond donors (Lipinski definition) is 2. The minimum atomic E-state index is -3.50. The van der Waals surface area contributed by atoms with Gasteiger partial charge in [-0.15, -0.1) is 0 Å². The van der Waals surface area contributed by atoms with E-state index in [4.69, 9.17) is 5.73 Å². The second-order valence-corrected chi connectivity index (χ2v) is 6.92. The Bertz CT molecular complexity index is 538. The van der Waals surface area contributed by atoms with Crippen molar-refractivity contribution in [3.63, 3.8) is 0 Å². The Labute approximate surface area is 109 Å². The van der Waals surface area contributed by atoms with E-state index in [2.05, 4.69) is 4.72 Å². The molecule has 0 heterocycles. The van der Waals surface area contributed by atoms with Gasteiger partial charge in [0.15, 0.2) is 0 Å². The largest absolute Gasteiger partial charge is 0.329 e. The summed E-state index contributed by atoms with van der Waals surface area (Å²) in [5.74, 6) is 0.362. The second-order valence-electron chi connectivity index (χ2n) is 5.27. The molecule has 1 aliphatic rings. The van der Waals surface area contributed by atoms with E-state index in [9.17, 15) is 8.42 Å². The van der Waals surface area contributed by atoms with Gasteiger partial charge in [0.1, 0.15) is 0 Å². The molecule has 1 aromatic carbocycles. The lowest BCUT2D eigenvalue weighted by Crippen LogP contribution is -2.53. The third-order valence-corrected chi connectivity index (χ3v) is 5.43. The summed E-state index contributed by atoms with van der Waals surface area (Å²) < 4.78 is 27.6. The van der Waals surface area contributed by atoms with Crippen LogP contribution in [-0.2, 0) is 10.0 Å². The van der Waals surface area contributed by atoms with Crippen molar-refractivity contribution >= 4 is 10.0 Å². The fourth-order valence-corrected chi connectivity index (χ4v) is 3.96. The molecule has 0 radical (unpaired) electrons. The lowest BCUT2D eigenvalue weighted by atomic mass is 9.98. The first-order valence-electron chi connectivity index (χ1n) is 6.19. The summed E-state index contributed by atoms with van der Waals surface area (Å²) in [5.41, 5.74) is 5.97. The van der Waals surface area contributed by atoms with Gasteiger partial charge in [-0.3, -0.25) is 0 Å². The number of benzene rings is 1. The van der Waals surface area contributed by atoms with Gasteiger partial charge in [-0.2, -0.15) is 0 Å². The van der Waals surface area contributed by atoms with E-state index in [1.165, 1.54) is 0 Å². The van der Waals surface area contributed by atoms with Crippen molar-refractivity contribution in [2.75, 3.05) is 6.54 Å². The maximum atomic E-state index is 12.4. The molecular formula is C13H20N2O2S. The molecule has 0 bridgehead atoms. The molecule has 4 nitrogen and oxygen atoms in total. The maximum absolute atomic E-state index is 12.4. The lowest BCUT2D eigenvalue weighted by molar-refractivity contribution is 0.374. The number of hydrogen-bond acceptors (Lipinski definition) is 3. The maximum Gasteiger partial charge on any atom is 0.241 e. The minimum Gasteiger partial charge on any atom is -0.329 e. The third kappa shape index (κ3) is 2.58. The molecule has 2 rings (SSSR count). The average Bonchev–Trinajstić information content (AvgIpc) is 3.12. The Morgan fingerprint density at radius 3 is 2.50 bits per heavy atom. The number of aryl methyl sites for hydroxylation is 1. The van der Waals surface area contributed by atoms with Gasteiger partial charge in [-0.1, -0.05) is 18.2 Å². The van der Waals surface area contributed by atoms with E-state index < -0.39 is 15.6 Å². The van der Waals surface area contributed by atoms with Gasteiger partial charge in [0.2, 0.25) is 10.0 Å². The molecule has 0 saturated heterocycles. The first-order chi connectivity index (χ1) is 8.39. The van der Waals surface area contributed by atoms with Crippen molar-refractivity contribution in [3.8, 4) is 0 Å². The van der Waals surface area contributed by atoms with Gasteiger partial charge >= 0.3 is 0 Å². The van der Waals surface area contributed by atoms with Crippen molar-refractivity contribution < 1.29 is 8.42 Å². The van der Waals surface area contributed by atoms with E-state index in [0.717, 1.165) is 18.4 Å².